The van der Waals surface area contributed by atoms with Crippen molar-refractivity contribution in [3.8, 4) is 17.2 Å². The van der Waals surface area contributed by atoms with Crippen LogP contribution in [0.1, 0.15) is 23.5 Å². The first-order valence-electron chi connectivity index (χ1n) is 7.84. The molecule has 1 aliphatic rings. The van der Waals surface area contributed by atoms with Crippen molar-refractivity contribution in [1.82, 2.24) is 5.32 Å². The Balaban J connectivity index is 1.65. The van der Waals surface area contributed by atoms with Gasteiger partial charge in [-0.05, 0) is 29.7 Å². The van der Waals surface area contributed by atoms with Crippen LogP contribution in [0.3, 0.4) is 0 Å². The maximum absolute atomic E-state index is 5.40. The fraction of sp³-hybridized carbons (Fsp3) is 0.368. The van der Waals surface area contributed by atoms with Crippen molar-refractivity contribution in [3.05, 3.63) is 53.6 Å². The van der Waals surface area contributed by atoms with E-state index in [2.05, 4.69) is 35.6 Å². The van der Waals surface area contributed by atoms with Gasteiger partial charge in [-0.15, -0.1) is 0 Å². The lowest BCUT2D eigenvalue weighted by atomic mass is 10.1. The lowest BCUT2D eigenvalue weighted by Crippen LogP contribution is -2.17. The third kappa shape index (κ3) is 3.42. The Hall–Kier alpha value is -2.20. The van der Waals surface area contributed by atoms with Gasteiger partial charge < -0.3 is 19.5 Å². The van der Waals surface area contributed by atoms with Gasteiger partial charge in [0.1, 0.15) is 0 Å². The number of ether oxygens (including phenoxy) is 3. The molecule has 2 aromatic rings. The summed E-state index contributed by atoms with van der Waals surface area (Å²) in [6.07, 6.45) is 1.19. The zero-order chi connectivity index (χ0) is 16.2. The number of methoxy groups -OCH3 is 3. The lowest BCUT2D eigenvalue weighted by molar-refractivity contribution is 0.323. The molecule has 0 spiro atoms. The van der Waals surface area contributed by atoms with Crippen LogP contribution >= 0.6 is 0 Å². The Bertz CT molecular complexity index is 632. The molecule has 2 atom stereocenters. The Kier molecular flexibility index (Phi) is 4.72. The molecule has 1 saturated carbocycles. The average Bonchev–Trinajstić information content (AvgIpc) is 3.39. The van der Waals surface area contributed by atoms with Crippen LogP contribution in [-0.2, 0) is 6.54 Å². The van der Waals surface area contributed by atoms with Crippen LogP contribution in [0, 0.1) is 0 Å². The first-order valence-corrected chi connectivity index (χ1v) is 7.84. The minimum Gasteiger partial charge on any atom is -0.493 e. The molecular weight excluding hydrogens is 290 g/mol. The third-order valence-electron chi connectivity index (χ3n) is 4.31. The highest BCUT2D eigenvalue weighted by atomic mass is 16.5. The molecule has 1 aliphatic carbocycles. The largest absolute Gasteiger partial charge is 0.493 e. The summed E-state index contributed by atoms with van der Waals surface area (Å²) in [5.74, 6) is 2.64. The van der Waals surface area contributed by atoms with Crippen molar-refractivity contribution < 1.29 is 14.2 Å². The standard InChI is InChI=1S/C19H23NO3/c1-21-17-9-13(10-18(22-2)19(17)23-3)12-20-16-11-15(16)14-7-5-4-6-8-14/h4-10,15-16,20H,11-12H2,1-3H3/t15-,16+/m0/s1. The van der Waals surface area contributed by atoms with Crippen LogP contribution in [-0.4, -0.2) is 27.4 Å². The molecular formula is C19H23NO3. The van der Waals surface area contributed by atoms with Gasteiger partial charge in [0, 0.05) is 18.5 Å². The van der Waals surface area contributed by atoms with Crippen molar-refractivity contribution >= 4 is 0 Å². The Morgan fingerprint density at radius 1 is 0.957 bits per heavy atom. The van der Waals surface area contributed by atoms with Gasteiger partial charge in [-0.25, -0.2) is 0 Å². The average molecular weight is 313 g/mol. The summed E-state index contributed by atoms with van der Waals surface area (Å²) in [5.41, 5.74) is 2.54. The van der Waals surface area contributed by atoms with Crippen LogP contribution in [0.2, 0.25) is 0 Å². The molecule has 4 nitrogen and oxygen atoms in total. The Morgan fingerprint density at radius 3 is 2.17 bits per heavy atom. The highest BCUT2D eigenvalue weighted by Crippen LogP contribution is 2.41. The van der Waals surface area contributed by atoms with Gasteiger partial charge >= 0.3 is 0 Å². The van der Waals surface area contributed by atoms with Gasteiger partial charge in [0.15, 0.2) is 11.5 Å². The molecule has 2 aromatic carbocycles. The molecule has 0 heterocycles. The van der Waals surface area contributed by atoms with Crippen molar-refractivity contribution in [2.75, 3.05) is 21.3 Å². The molecule has 0 amide bonds. The van der Waals surface area contributed by atoms with E-state index < -0.39 is 0 Å². The van der Waals surface area contributed by atoms with Crippen LogP contribution in [0.15, 0.2) is 42.5 Å². The van der Waals surface area contributed by atoms with E-state index in [1.807, 2.05) is 12.1 Å². The maximum Gasteiger partial charge on any atom is 0.203 e. The second-order valence-corrected chi connectivity index (χ2v) is 5.77. The SMILES string of the molecule is COc1cc(CN[C@@H]2C[C@H]2c2ccccc2)cc(OC)c1OC. The summed E-state index contributed by atoms with van der Waals surface area (Å²) in [4.78, 5) is 0. The minimum atomic E-state index is 0.538. The Labute approximate surface area is 137 Å². The number of benzene rings is 2. The fourth-order valence-electron chi connectivity index (χ4n) is 2.98. The quantitative estimate of drug-likeness (QED) is 0.851. The maximum atomic E-state index is 5.40. The highest BCUT2D eigenvalue weighted by Gasteiger charge is 2.37. The second-order valence-electron chi connectivity index (χ2n) is 5.77. The molecule has 3 rings (SSSR count). The van der Waals surface area contributed by atoms with Gasteiger partial charge in [0.05, 0.1) is 21.3 Å². The normalized spacial score (nSPS) is 19.3. The molecule has 0 unspecified atom stereocenters. The van der Waals surface area contributed by atoms with Crippen molar-refractivity contribution in [3.63, 3.8) is 0 Å². The number of hydrogen-bond donors (Lipinski definition) is 1. The summed E-state index contributed by atoms with van der Waals surface area (Å²) >= 11 is 0. The molecule has 1 fully saturated rings. The fourth-order valence-corrected chi connectivity index (χ4v) is 2.98. The summed E-state index contributed by atoms with van der Waals surface area (Å²) in [7, 11) is 4.90. The summed E-state index contributed by atoms with van der Waals surface area (Å²) in [6, 6.07) is 15.2. The van der Waals surface area contributed by atoms with Gasteiger partial charge in [0.2, 0.25) is 5.75 Å². The molecule has 0 aromatic heterocycles. The third-order valence-corrected chi connectivity index (χ3v) is 4.31. The zero-order valence-electron chi connectivity index (χ0n) is 13.8. The van der Waals surface area contributed by atoms with Crippen LogP contribution < -0.4 is 19.5 Å². The molecule has 0 aliphatic heterocycles. The molecule has 122 valence electrons. The van der Waals surface area contributed by atoms with E-state index in [0.717, 1.165) is 12.1 Å². The van der Waals surface area contributed by atoms with Crippen LogP contribution in [0.5, 0.6) is 17.2 Å². The molecule has 23 heavy (non-hydrogen) atoms. The van der Waals surface area contributed by atoms with Crippen LogP contribution in [0.25, 0.3) is 0 Å². The molecule has 0 saturated heterocycles. The predicted octanol–water partition coefficient (Wildman–Crippen LogP) is 3.36. The predicted molar refractivity (Wildman–Crippen MR) is 90.5 cm³/mol. The lowest BCUT2D eigenvalue weighted by Gasteiger charge is -2.14. The van der Waals surface area contributed by atoms with E-state index in [1.54, 1.807) is 21.3 Å². The topological polar surface area (TPSA) is 39.7 Å². The monoisotopic (exact) mass is 313 g/mol. The molecule has 0 radical (unpaired) electrons. The van der Waals surface area contributed by atoms with Crippen molar-refractivity contribution in [2.24, 2.45) is 0 Å². The first-order chi connectivity index (χ1) is 11.3. The van der Waals surface area contributed by atoms with Gasteiger partial charge in [-0.3, -0.25) is 0 Å². The molecule has 1 N–H and O–H groups in total. The van der Waals surface area contributed by atoms with E-state index in [1.165, 1.54) is 12.0 Å². The van der Waals surface area contributed by atoms with E-state index in [9.17, 15) is 0 Å². The smallest absolute Gasteiger partial charge is 0.203 e. The number of nitrogens with one attached hydrogen (secondary N) is 1. The van der Waals surface area contributed by atoms with E-state index in [4.69, 9.17) is 14.2 Å². The van der Waals surface area contributed by atoms with Crippen molar-refractivity contribution in [1.29, 1.82) is 0 Å². The zero-order valence-corrected chi connectivity index (χ0v) is 13.8. The first kappa shape index (κ1) is 15.7. The van der Waals surface area contributed by atoms with Gasteiger partial charge in [-0.2, -0.15) is 0 Å². The van der Waals surface area contributed by atoms with Gasteiger partial charge in [0.25, 0.3) is 0 Å². The number of hydrogen-bond acceptors (Lipinski definition) is 4. The molecule has 4 heteroatoms. The second kappa shape index (κ2) is 6.92. The highest BCUT2D eigenvalue weighted by molar-refractivity contribution is 5.53. The minimum absolute atomic E-state index is 0.538. The summed E-state index contributed by atoms with van der Waals surface area (Å²) in [6.45, 7) is 0.782. The van der Waals surface area contributed by atoms with E-state index >= 15 is 0 Å². The molecule has 0 bridgehead atoms. The number of rotatable bonds is 7. The summed E-state index contributed by atoms with van der Waals surface area (Å²) in [5, 5.41) is 3.61. The van der Waals surface area contributed by atoms with E-state index in [-0.39, 0.29) is 0 Å². The van der Waals surface area contributed by atoms with Gasteiger partial charge in [-0.1, -0.05) is 30.3 Å². The van der Waals surface area contributed by atoms with Crippen LogP contribution in [0.4, 0.5) is 0 Å². The van der Waals surface area contributed by atoms with Crippen molar-refractivity contribution in [2.45, 2.75) is 24.9 Å². The Morgan fingerprint density at radius 2 is 1.61 bits per heavy atom. The van der Waals surface area contributed by atoms with E-state index in [0.29, 0.717) is 29.2 Å². The summed E-state index contributed by atoms with van der Waals surface area (Å²) < 4.78 is 16.2.